The summed E-state index contributed by atoms with van der Waals surface area (Å²) >= 11 is 0. The van der Waals surface area contributed by atoms with Gasteiger partial charge in [0.25, 0.3) is 5.91 Å². The van der Waals surface area contributed by atoms with E-state index in [0.717, 1.165) is 5.56 Å². The fraction of sp³-hybridized carbons (Fsp3) is 0.318. The fourth-order valence-corrected chi connectivity index (χ4v) is 4.13. The van der Waals surface area contributed by atoms with Crippen LogP contribution in [0.15, 0.2) is 48.8 Å². The van der Waals surface area contributed by atoms with Gasteiger partial charge in [-0.05, 0) is 24.3 Å². The zero-order chi connectivity index (χ0) is 20.9. The molecule has 1 saturated heterocycles. The van der Waals surface area contributed by atoms with E-state index in [2.05, 4.69) is 9.88 Å². The van der Waals surface area contributed by atoms with Crippen LogP contribution in [0.1, 0.15) is 16.8 Å². The van der Waals surface area contributed by atoms with Gasteiger partial charge in [0.2, 0.25) is 0 Å². The summed E-state index contributed by atoms with van der Waals surface area (Å²) in [5, 5.41) is 9.97. The molecule has 2 fully saturated rings. The van der Waals surface area contributed by atoms with Crippen LogP contribution in [0.25, 0.3) is 16.9 Å². The lowest BCUT2D eigenvalue weighted by Gasteiger charge is -2.35. The van der Waals surface area contributed by atoms with E-state index in [0.29, 0.717) is 55.8 Å². The minimum Gasteiger partial charge on any atom is -0.381 e. The summed E-state index contributed by atoms with van der Waals surface area (Å²) < 4.78 is 15.0. The molecular formula is C22H21FN4O3. The predicted octanol–water partition coefficient (Wildman–Crippen LogP) is 1.60. The van der Waals surface area contributed by atoms with Crippen LogP contribution in [-0.4, -0.2) is 74.3 Å². The number of imidazole rings is 1. The van der Waals surface area contributed by atoms with E-state index in [1.165, 1.54) is 12.3 Å². The van der Waals surface area contributed by atoms with Crippen molar-refractivity contribution in [2.75, 3.05) is 26.2 Å². The number of hydrogen-bond donors (Lipinski definition) is 1. The van der Waals surface area contributed by atoms with Crippen LogP contribution in [0.3, 0.4) is 0 Å². The molecule has 1 saturated carbocycles. The van der Waals surface area contributed by atoms with Crippen molar-refractivity contribution in [1.29, 1.82) is 0 Å². The molecule has 3 heterocycles. The van der Waals surface area contributed by atoms with Crippen molar-refractivity contribution in [3.63, 3.8) is 0 Å². The van der Waals surface area contributed by atoms with Gasteiger partial charge >= 0.3 is 0 Å². The first-order valence-corrected chi connectivity index (χ1v) is 9.93. The van der Waals surface area contributed by atoms with E-state index < -0.39 is 5.60 Å². The number of rotatable bonds is 4. The van der Waals surface area contributed by atoms with Gasteiger partial charge in [-0.25, -0.2) is 9.37 Å². The highest BCUT2D eigenvalue weighted by Crippen LogP contribution is 2.39. The van der Waals surface area contributed by atoms with Crippen LogP contribution in [0.4, 0.5) is 4.39 Å². The number of aldehydes is 1. The highest BCUT2D eigenvalue weighted by molar-refractivity contribution is 5.94. The molecule has 5 rings (SSSR count). The van der Waals surface area contributed by atoms with Crippen molar-refractivity contribution >= 4 is 17.8 Å². The maximum Gasteiger partial charge on any atom is 0.253 e. The minimum atomic E-state index is -1.20. The van der Waals surface area contributed by atoms with Crippen LogP contribution in [-0.2, 0) is 4.79 Å². The Balaban J connectivity index is 1.25. The summed E-state index contributed by atoms with van der Waals surface area (Å²) in [6, 6.07) is 10.1. The number of amides is 1. The number of carbonyl (C=O) groups excluding carboxylic acids is 2. The van der Waals surface area contributed by atoms with Gasteiger partial charge in [0.1, 0.15) is 17.1 Å². The molecule has 2 atom stereocenters. The molecule has 2 aromatic heterocycles. The molecule has 2 aliphatic rings. The average Bonchev–Trinajstić information content (AvgIpc) is 3.28. The molecule has 1 aliphatic heterocycles. The summed E-state index contributed by atoms with van der Waals surface area (Å²) in [4.78, 5) is 32.1. The van der Waals surface area contributed by atoms with E-state index in [1.807, 2.05) is 12.1 Å². The first kappa shape index (κ1) is 18.9. The minimum absolute atomic E-state index is 0.0419. The zero-order valence-corrected chi connectivity index (χ0v) is 16.2. The molecule has 1 N–H and O–H groups in total. The summed E-state index contributed by atoms with van der Waals surface area (Å²) in [5.41, 5.74) is 1.60. The van der Waals surface area contributed by atoms with Gasteiger partial charge < -0.3 is 19.2 Å². The third kappa shape index (κ3) is 3.28. The Hall–Kier alpha value is -3.10. The highest BCUT2D eigenvalue weighted by atomic mass is 19.1. The molecule has 0 radical (unpaired) electrons. The maximum atomic E-state index is 13.4. The monoisotopic (exact) mass is 408 g/mol. The van der Waals surface area contributed by atoms with Gasteiger partial charge in [-0.15, -0.1) is 0 Å². The lowest BCUT2D eigenvalue weighted by Crippen LogP contribution is -2.50. The largest absolute Gasteiger partial charge is 0.381 e. The number of hydrogen-bond acceptors (Lipinski definition) is 5. The SMILES string of the molecule is O=CC1(O)CC1N1CCN(C(=O)c2ccc(-c3cn4cc(F)ccc4n3)cc2)CC1. The van der Waals surface area contributed by atoms with Gasteiger partial charge in [0.15, 0.2) is 6.29 Å². The van der Waals surface area contributed by atoms with Crippen molar-refractivity contribution in [2.45, 2.75) is 18.1 Å². The topological polar surface area (TPSA) is 78.2 Å². The van der Waals surface area contributed by atoms with E-state index in [9.17, 15) is 19.1 Å². The Morgan fingerprint density at radius 2 is 1.83 bits per heavy atom. The molecular weight excluding hydrogens is 387 g/mol. The molecule has 8 heteroatoms. The summed E-state index contributed by atoms with van der Waals surface area (Å²) in [7, 11) is 0. The van der Waals surface area contributed by atoms with E-state index in [1.54, 1.807) is 33.7 Å². The molecule has 1 amide bonds. The molecule has 30 heavy (non-hydrogen) atoms. The van der Waals surface area contributed by atoms with Crippen LogP contribution < -0.4 is 0 Å². The van der Waals surface area contributed by atoms with E-state index in [4.69, 9.17) is 0 Å². The van der Waals surface area contributed by atoms with Crippen LogP contribution >= 0.6 is 0 Å². The van der Waals surface area contributed by atoms with Gasteiger partial charge in [-0.1, -0.05) is 12.1 Å². The van der Waals surface area contributed by atoms with E-state index >= 15 is 0 Å². The summed E-state index contributed by atoms with van der Waals surface area (Å²) in [5.74, 6) is -0.371. The first-order valence-electron chi connectivity index (χ1n) is 9.93. The number of nitrogens with zero attached hydrogens (tertiary/aromatic N) is 4. The number of halogens is 1. The van der Waals surface area contributed by atoms with Crippen molar-refractivity contribution in [2.24, 2.45) is 0 Å². The van der Waals surface area contributed by atoms with Gasteiger partial charge in [0, 0.05) is 62.2 Å². The number of benzene rings is 1. The third-order valence-corrected chi connectivity index (χ3v) is 6.03. The molecule has 154 valence electrons. The van der Waals surface area contributed by atoms with Gasteiger partial charge in [0.05, 0.1) is 5.69 Å². The second-order valence-electron chi connectivity index (χ2n) is 7.97. The molecule has 1 aliphatic carbocycles. The Morgan fingerprint density at radius 3 is 2.50 bits per heavy atom. The van der Waals surface area contributed by atoms with Crippen molar-refractivity contribution in [3.8, 4) is 11.3 Å². The molecule has 7 nitrogen and oxygen atoms in total. The van der Waals surface area contributed by atoms with Crippen molar-refractivity contribution < 1.29 is 19.1 Å². The highest BCUT2D eigenvalue weighted by Gasteiger charge is 2.56. The molecule has 2 unspecified atom stereocenters. The number of aliphatic hydroxyl groups is 1. The van der Waals surface area contributed by atoms with Crippen molar-refractivity contribution in [1.82, 2.24) is 19.2 Å². The van der Waals surface area contributed by atoms with Gasteiger partial charge in [-0.2, -0.15) is 0 Å². The molecule has 3 aromatic rings. The Bertz CT molecular complexity index is 1120. The predicted molar refractivity (Wildman–Crippen MR) is 107 cm³/mol. The maximum absolute atomic E-state index is 13.4. The van der Waals surface area contributed by atoms with E-state index in [-0.39, 0.29) is 17.8 Å². The number of aromatic nitrogens is 2. The Morgan fingerprint density at radius 1 is 1.10 bits per heavy atom. The number of carbonyl (C=O) groups is 2. The second kappa shape index (κ2) is 7.00. The lowest BCUT2D eigenvalue weighted by atomic mass is 10.1. The fourth-order valence-electron chi connectivity index (χ4n) is 4.13. The summed E-state index contributed by atoms with van der Waals surface area (Å²) in [6.45, 7) is 2.40. The average molecular weight is 408 g/mol. The normalized spacial score (nSPS) is 24.2. The molecule has 0 bridgehead atoms. The third-order valence-electron chi connectivity index (χ3n) is 6.03. The Labute approximate surface area is 172 Å². The van der Waals surface area contributed by atoms with Crippen LogP contribution in [0.2, 0.25) is 0 Å². The van der Waals surface area contributed by atoms with Crippen LogP contribution in [0, 0.1) is 5.82 Å². The molecule has 1 aromatic carbocycles. The Kier molecular flexibility index (Phi) is 4.41. The molecule has 0 spiro atoms. The number of fused-ring (bicyclic) bond motifs is 1. The summed E-state index contributed by atoms with van der Waals surface area (Å²) in [6.07, 6.45) is 4.23. The van der Waals surface area contributed by atoms with Gasteiger partial charge in [-0.3, -0.25) is 9.69 Å². The van der Waals surface area contributed by atoms with Crippen molar-refractivity contribution in [3.05, 3.63) is 60.2 Å². The lowest BCUT2D eigenvalue weighted by molar-refractivity contribution is -0.117. The first-order chi connectivity index (χ1) is 14.5. The smallest absolute Gasteiger partial charge is 0.253 e. The standard InChI is InChI=1S/C22H21FN4O3/c23-17-5-6-20-24-18(13-27(20)12-17)15-1-3-16(4-2-15)21(29)26-9-7-25(8-10-26)19-11-22(19,30)14-28/h1-6,12-14,19,30H,7-11H2. The van der Waals surface area contributed by atoms with Crippen LogP contribution in [0.5, 0.6) is 0 Å². The number of piperazine rings is 1. The second-order valence-corrected chi connectivity index (χ2v) is 7.97. The zero-order valence-electron chi connectivity index (χ0n) is 16.2. The quantitative estimate of drug-likeness (QED) is 0.664. The number of pyridine rings is 1.